The van der Waals surface area contributed by atoms with Crippen molar-refractivity contribution in [1.82, 2.24) is 4.98 Å². The molecule has 2 nitrogen and oxygen atoms in total. The quantitative estimate of drug-likeness (QED) is 0.450. The lowest BCUT2D eigenvalue weighted by atomic mass is 10.3. The summed E-state index contributed by atoms with van der Waals surface area (Å²) in [5.74, 6) is 0. The van der Waals surface area contributed by atoms with E-state index in [0.29, 0.717) is 0 Å². The summed E-state index contributed by atoms with van der Waals surface area (Å²) in [6.45, 7) is 0. The van der Waals surface area contributed by atoms with Gasteiger partial charge in [-0.1, -0.05) is 6.07 Å². The molecule has 1 aromatic heterocycles. The largest absolute Gasteiger partial charge is 0.316 e. The Morgan fingerprint density at radius 1 is 1.67 bits per heavy atom. The van der Waals surface area contributed by atoms with E-state index in [1.165, 1.54) is 0 Å². The molecule has 3 heteroatoms. The second-order valence-corrected chi connectivity index (χ2v) is 2.29. The molecule has 1 aromatic rings. The second-order valence-electron chi connectivity index (χ2n) is 1.73. The highest BCUT2D eigenvalue weighted by atomic mass is 32.1. The maximum atomic E-state index is 5.44. The lowest BCUT2D eigenvalue weighted by Gasteiger charge is -2.00. The van der Waals surface area contributed by atoms with Gasteiger partial charge in [-0.15, -0.1) is 0 Å². The summed E-state index contributed by atoms with van der Waals surface area (Å²) in [5.41, 5.74) is 6.38. The molecule has 2 N–H and O–H groups in total. The van der Waals surface area contributed by atoms with E-state index in [1.54, 1.807) is 12.4 Å². The summed E-state index contributed by atoms with van der Waals surface area (Å²) in [7, 11) is 0. The first-order chi connectivity index (χ1) is 4.30. The molecule has 0 spiro atoms. The molecule has 0 aromatic carbocycles. The minimum absolute atomic E-state index is 0.210. The third-order valence-corrected chi connectivity index (χ3v) is 1.32. The zero-order chi connectivity index (χ0) is 6.69. The molecule has 0 aliphatic carbocycles. The highest BCUT2D eigenvalue weighted by molar-refractivity contribution is 7.80. The smallest absolute Gasteiger partial charge is 0.0749 e. The summed E-state index contributed by atoms with van der Waals surface area (Å²) < 4.78 is 0. The highest BCUT2D eigenvalue weighted by Gasteiger charge is 1.95. The van der Waals surface area contributed by atoms with Crippen LogP contribution in [0.3, 0.4) is 0 Å². The predicted octanol–water partition coefficient (Wildman–Crippen LogP) is 0.969. The molecule has 1 atom stereocenters. The van der Waals surface area contributed by atoms with Crippen molar-refractivity contribution in [2.24, 2.45) is 5.73 Å². The Kier molecular flexibility index (Phi) is 2.08. The Balaban J connectivity index is 2.85. The number of thiol groups is 1. The van der Waals surface area contributed by atoms with Crippen molar-refractivity contribution in [2.75, 3.05) is 0 Å². The van der Waals surface area contributed by atoms with Crippen LogP contribution in [0.2, 0.25) is 0 Å². The van der Waals surface area contributed by atoms with Crippen molar-refractivity contribution in [2.45, 2.75) is 5.37 Å². The van der Waals surface area contributed by atoms with Gasteiger partial charge in [0.25, 0.3) is 0 Å². The van der Waals surface area contributed by atoms with E-state index in [-0.39, 0.29) is 5.37 Å². The van der Waals surface area contributed by atoms with Gasteiger partial charge in [0.2, 0.25) is 0 Å². The van der Waals surface area contributed by atoms with Crippen molar-refractivity contribution < 1.29 is 0 Å². The minimum atomic E-state index is -0.210. The average Bonchev–Trinajstić information content (AvgIpc) is 1.90. The Bertz CT molecular complexity index is 174. The van der Waals surface area contributed by atoms with Gasteiger partial charge in [0.05, 0.1) is 5.37 Å². The fourth-order valence-electron chi connectivity index (χ4n) is 0.551. The molecule has 48 valence electrons. The van der Waals surface area contributed by atoms with Gasteiger partial charge in [-0.2, -0.15) is 12.6 Å². The monoisotopic (exact) mass is 140 g/mol. The second kappa shape index (κ2) is 2.85. The van der Waals surface area contributed by atoms with Crippen LogP contribution < -0.4 is 5.73 Å². The highest BCUT2D eigenvalue weighted by Crippen LogP contribution is 2.09. The number of rotatable bonds is 1. The molecule has 9 heavy (non-hydrogen) atoms. The molecule has 0 amide bonds. The molecule has 0 fully saturated rings. The SMILES string of the molecule is N[C@H](S)c1cccnc1. The fraction of sp³-hybridized carbons (Fsp3) is 0.167. The van der Waals surface area contributed by atoms with Gasteiger partial charge in [-0.25, -0.2) is 0 Å². The van der Waals surface area contributed by atoms with Crippen molar-refractivity contribution in [3.63, 3.8) is 0 Å². The summed E-state index contributed by atoms with van der Waals surface area (Å²) in [4.78, 5) is 3.88. The van der Waals surface area contributed by atoms with Crippen molar-refractivity contribution >= 4 is 12.6 Å². The first-order valence-electron chi connectivity index (χ1n) is 2.64. The van der Waals surface area contributed by atoms with Gasteiger partial charge in [0.15, 0.2) is 0 Å². The molecule has 0 aliphatic rings. The van der Waals surface area contributed by atoms with E-state index in [0.717, 1.165) is 5.56 Å². The summed E-state index contributed by atoms with van der Waals surface area (Å²) >= 11 is 4.03. The van der Waals surface area contributed by atoms with E-state index in [2.05, 4.69) is 17.6 Å². The van der Waals surface area contributed by atoms with Crippen molar-refractivity contribution in [1.29, 1.82) is 0 Å². The summed E-state index contributed by atoms with van der Waals surface area (Å²) in [6, 6.07) is 3.73. The minimum Gasteiger partial charge on any atom is -0.316 e. The molecule has 0 bridgehead atoms. The first kappa shape index (κ1) is 6.58. The maximum absolute atomic E-state index is 5.44. The van der Waals surface area contributed by atoms with Crippen molar-refractivity contribution in [3.05, 3.63) is 30.1 Å². The first-order valence-corrected chi connectivity index (χ1v) is 3.16. The van der Waals surface area contributed by atoms with Crippen LogP contribution in [0.25, 0.3) is 0 Å². The Hall–Kier alpha value is -0.540. The fourth-order valence-corrected chi connectivity index (χ4v) is 0.704. The molecule has 0 aliphatic heterocycles. The van der Waals surface area contributed by atoms with Gasteiger partial charge >= 0.3 is 0 Å². The number of hydrogen-bond acceptors (Lipinski definition) is 3. The molecule has 1 heterocycles. The van der Waals surface area contributed by atoms with Crippen LogP contribution in [0.15, 0.2) is 24.5 Å². The molecule has 0 unspecified atom stereocenters. The van der Waals surface area contributed by atoms with Gasteiger partial charge in [0, 0.05) is 12.4 Å². The van der Waals surface area contributed by atoms with Crippen LogP contribution in [-0.2, 0) is 0 Å². The molecule has 0 saturated heterocycles. The van der Waals surface area contributed by atoms with E-state index >= 15 is 0 Å². The Morgan fingerprint density at radius 2 is 2.44 bits per heavy atom. The number of aromatic nitrogens is 1. The van der Waals surface area contributed by atoms with Crippen LogP contribution in [0.4, 0.5) is 0 Å². The van der Waals surface area contributed by atoms with Crippen LogP contribution >= 0.6 is 12.6 Å². The number of nitrogens with zero attached hydrogens (tertiary/aromatic N) is 1. The molecular formula is C6H8N2S. The molecule has 0 radical (unpaired) electrons. The molecular weight excluding hydrogens is 132 g/mol. The third kappa shape index (κ3) is 1.69. The van der Waals surface area contributed by atoms with Gasteiger partial charge in [0.1, 0.15) is 0 Å². The van der Waals surface area contributed by atoms with Crippen LogP contribution in [0.5, 0.6) is 0 Å². The van der Waals surface area contributed by atoms with E-state index in [1.807, 2.05) is 12.1 Å². The van der Waals surface area contributed by atoms with Gasteiger partial charge in [-0.05, 0) is 11.6 Å². The Labute approximate surface area is 59.5 Å². The summed E-state index contributed by atoms with van der Waals surface area (Å²) in [6.07, 6.45) is 3.41. The zero-order valence-corrected chi connectivity index (χ0v) is 5.75. The normalized spacial score (nSPS) is 13.1. The Morgan fingerprint density at radius 3 is 2.78 bits per heavy atom. The van der Waals surface area contributed by atoms with Crippen LogP contribution in [-0.4, -0.2) is 4.98 Å². The van der Waals surface area contributed by atoms with E-state index in [4.69, 9.17) is 5.73 Å². The van der Waals surface area contributed by atoms with Crippen LogP contribution in [0.1, 0.15) is 10.9 Å². The lowest BCUT2D eigenvalue weighted by molar-refractivity contribution is 1.02. The average molecular weight is 140 g/mol. The van der Waals surface area contributed by atoms with E-state index in [9.17, 15) is 0 Å². The topological polar surface area (TPSA) is 38.9 Å². The van der Waals surface area contributed by atoms with Gasteiger partial charge < -0.3 is 5.73 Å². The summed E-state index contributed by atoms with van der Waals surface area (Å²) in [5, 5.41) is -0.210. The van der Waals surface area contributed by atoms with Crippen molar-refractivity contribution in [3.8, 4) is 0 Å². The number of pyridine rings is 1. The van der Waals surface area contributed by atoms with Crippen LogP contribution in [0, 0.1) is 0 Å². The third-order valence-electron chi connectivity index (χ3n) is 1.03. The lowest BCUT2D eigenvalue weighted by Crippen LogP contribution is -2.01. The predicted molar refractivity (Wildman–Crippen MR) is 40.2 cm³/mol. The molecule has 0 saturated carbocycles. The van der Waals surface area contributed by atoms with Gasteiger partial charge in [-0.3, -0.25) is 4.98 Å². The number of hydrogen-bond donors (Lipinski definition) is 2. The zero-order valence-electron chi connectivity index (χ0n) is 4.86. The molecule has 1 rings (SSSR count). The van der Waals surface area contributed by atoms with E-state index < -0.39 is 0 Å². The number of nitrogens with two attached hydrogens (primary N) is 1. The standard InChI is InChI=1S/C6H8N2S/c7-6(9)5-2-1-3-8-4-5/h1-4,6,9H,7H2/t6-/m1/s1. The maximum Gasteiger partial charge on any atom is 0.0749 e.